The molecule has 1 spiro atoms. The lowest BCUT2D eigenvalue weighted by Crippen LogP contribution is -2.54. The van der Waals surface area contributed by atoms with Crippen LogP contribution in [0, 0.1) is 12.8 Å². The van der Waals surface area contributed by atoms with Gasteiger partial charge in [-0.25, -0.2) is 0 Å². The third-order valence-electron chi connectivity index (χ3n) is 7.22. The van der Waals surface area contributed by atoms with E-state index in [2.05, 4.69) is 65.7 Å². The number of para-hydroxylation sites is 3. The lowest BCUT2D eigenvalue weighted by atomic mass is 9.78. The average Bonchev–Trinajstić information content (AvgIpc) is 3.36. The summed E-state index contributed by atoms with van der Waals surface area (Å²) >= 11 is 0. The zero-order valence-corrected chi connectivity index (χ0v) is 17.0. The van der Waals surface area contributed by atoms with Gasteiger partial charge in [-0.1, -0.05) is 43.2 Å². The second-order valence-corrected chi connectivity index (χ2v) is 8.74. The largest absolute Gasteiger partial charge is 0.383 e. The topological polar surface area (TPSA) is 27.6 Å². The second-order valence-electron chi connectivity index (χ2n) is 8.74. The maximum absolute atomic E-state index is 5.21. The van der Waals surface area contributed by atoms with Crippen LogP contribution in [-0.2, 0) is 0 Å². The summed E-state index contributed by atoms with van der Waals surface area (Å²) in [6, 6.07) is 17.4. The standard InChI is InChI=1S/C25H31N3/c1-19-9-2-3-11-21(19)26-17-18-28-24-14-5-4-12-23(24)27-22-13-8-10-20(22)25(28)15-6-7-16-25/h2-5,9,11-12,14,20,26H,6-8,10,13,15-18H2,1H3. The van der Waals surface area contributed by atoms with Crippen LogP contribution in [0.4, 0.5) is 17.1 Å². The van der Waals surface area contributed by atoms with E-state index in [4.69, 9.17) is 4.99 Å². The Labute approximate surface area is 168 Å². The molecule has 2 fully saturated rings. The first-order chi connectivity index (χ1) is 13.8. The van der Waals surface area contributed by atoms with Gasteiger partial charge in [-0.2, -0.15) is 0 Å². The molecule has 1 aliphatic heterocycles. The Balaban J connectivity index is 1.48. The van der Waals surface area contributed by atoms with E-state index in [1.54, 1.807) is 0 Å². The van der Waals surface area contributed by atoms with E-state index < -0.39 is 0 Å². The van der Waals surface area contributed by atoms with Crippen molar-refractivity contribution in [2.24, 2.45) is 10.9 Å². The molecule has 0 radical (unpaired) electrons. The van der Waals surface area contributed by atoms with Crippen molar-refractivity contribution in [3.63, 3.8) is 0 Å². The van der Waals surface area contributed by atoms with Crippen molar-refractivity contribution in [2.75, 3.05) is 23.3 Å². The van der Waals surface area contributed by atoms with Gasteiger partial charge in [-0.15, -0.1) is 0 Å². The summed E-state index contributed by atoms with van der Waals surface area (Å²) in [6.07, 6.45) is 9.15. The van der Waals surface area contributed by atoms with Crippen LogP contribution >= 0.6 is 0 Å². The van der Waals surface area contributed by atoms with E-state index in [1.807, 2.05) is 0 Å². The van der Waals surface area contributed by atoms with Crippen molar-refractivity contribution >= 4 is 22.8 Å². The van der Waals surface area contributed by atoms with Gasteiger partial charge in [0, 0.05) is 35.9 Å². The van der Waals surface area contributed by atoms with Gasteiger partial charge in [-0.05, 0) is 62.8 Å². The van der Waals surface area contributed by atoms with Crippen LogP contribution < -0.4 is 10.2 Å². The van der Waals surface area contributed by atoms with Crippen LogP contribution in [0.25, 0.3) is 0 Å². The first-order valence-electron chi connectivity index (χ1n) is 11.0. The van der Waals surface area contributed by atoms with Gasteiger partial charge in [0.25, 0.3) is 0 Å². The molecular weight excluding hydrogens is 342 g/mol. The minimum atomic E-state index is 0.273. The highest BCUT2D eigenvalue weighted by Gasteiger charge is 2.50. The van der Waals surface area contributed by atoms with Crippen molar-refractivity contribution in [3.05, 3.63) is 54.1 Å². The van der Waals surface area contributed by atoms with E-state index in [1.165, 1.54) is 73.3 Å². The summed E-state index contributed by atoms with van der Waals surface area (Å²) in [5.41, 5.74) is 6.85. The van der Waals surface area contributed by atoms with Gasteiger partial charge >= 0.3 is 0 Å². The quantitative estimate of drug-likeness (QED) is 0.700. The zero-order valence-electron chi connectivity index (χ0n) is 17.0. The number of anilines is 2. The molecule has 0 aromatic heterocycles. The number of rotatable bonds is 4. The molecule has 0 saturated heterocycles. The molecule has 146 valence electrons. The van der Waals surface area contributed by atoms with E-state index in [0.29, 0.717) is 5.92 Å². The lowest BCUT2D eigenvalue weighted by molar-refractivity contribution is 0.316. The Bertz CT molecular complexity index is 879. The summed E-state index contributed by atoms with van der Waals surface area (Å²) in [4.78, 5) is 7.96. The van der Waals surface area contributed by atoms with Crippen LogP contribution in [0.1, 0.15) is 50.5 Å². The number of hydrogen-bond acceptors (Lipinski definition) is 3. The maximum atomic E-state index is 5.21. The van der Waals surface area contributed by atoms with Crippen LogP contribution in [0.5, 0.6) is 0 Å². The molecule has 0 bridgehead atoms. The average molecular weight is 374 g/mol. The van der Waals surface area contributed by atoms with Crippen molar-refractivity contribution in [2.45, 2.75) is 57.4 Å². The Kier molecular flexibility index (Phi) is 4.62. The molecule has 0 amide bonds. The van der Waals surface area contributed by atoms with Crippen LogP contribution in [0.3, 0.4) is 0 Å². The first kappa shape index (κ1) is 17.8. The maximum Gasteiger partial charge on any atom is 0.0862 e. The third kappa shape index (κ3) is 2.92. The highest BCUT2D eigenvalue weighted by molar-refractivity contribution is 5.95. The fraction of sp³-hybridized carbons (Fsp3) is 0.480. The van der Waals surface area contributed by atoms with Gasteiger partial charge < -0.3 is 10.2 Å². The van der Waals surface area contributed by atoms with Crippen molar-refractivity contribution in [3.8, 4) is 0 Å². The predicted molar refractivity (Wildman–Crippen MR) is 119 cm³/mol. The Morgan fingerprint density at radius 2 is 1.82 bits per heavy atom. The number of aryl methyl sites for hydroxylation is 1. The molecule has 1 heterocycles. The molecule has 1 unspecified atom stereocenters. The Hall–Kier alpha value is -2.29. The number of fused-ring (bicyclic) bond motifs is 3. The van der Waals surface area contributed by atoms with Gasteiger partial charge in [0.2, 0.25) is 0 Å². The monoisotopic (exact) mass is 373 g/mol. The predicted octanol–water partition coefficient (Wildman–Crippen LogP) is 6.11. The van der Waals surface area contributed by atoms with Crippen molar-refractivity contribution in [1.82, 2.24) is 0 Å². The van der Waals surface area contributed by atoms with Crippen molar-refractivity contribution < 1.29 is 0 Å². The summed E-state index contributed by atoms with van der Waals surface area (Å²) in [7, 11) is 0. The number of hydrogen-bond donors (Lipinski definition) is 1. The highest BCUT2D eigenvalue weighted by atomic mass is 15.2. The van der Waals surface area contributed by atoms with Crippen molar-refractivity contribution in [1.29, 1.82) is 0 Å². The molecule has 2 saturated carbocycles. The van der Waals surface area contributed by atoms with Gasteiger partial charge in [-0.3, -0.25) is 4.99 Å². The van der Waals surface area contributed by atoms with Gasteiger partial charge in [0.15, 0.2) is 0 Å². The molecule has 3 heteroatoms. The highest BCUT2D eigenvalue weighted by Crippen LogP contribution is 2.52. The molecule has 2 aromatic carbocycles. The molecule has 1 atom stereocenters. The van der Waals surface area contributed by atoms with Crippen LogP contribution in [0.15, 0.2) is 53.5 Å². The van der Waals surface area contributed by atoms with Gasteiger partial charge in [0.1, 0.15) is 0 Å². The molecule has 3 nitrogen and oxygen atoms in total. The molecule has 2 aliphatic carbocycles. The van der Waals surface area contributed by atoms with Gasteiger partial charge in [0.05, 0.1) is 11.4 Å². The zero-order chi connectivity index (χ0) is 19.0. The molecule has 5 rings (SSSR count). The molecule has 28 heavy (non-hydrogen) atoms. The lowest BCUT2D eigenvalue weighted by Gasteiger charge is -2.46. The van der Waals surface area contributed by atoms with E-state index in [-0.39, 0.29) is 5.54 Å². The fourth-order valence-corrected chi connectivity index (χ4v) is 5.93. The number of aliphatic imine (C=N–C) groups is 1. The third-order valence-corrected chi connectivity index (χ3v) is 7.22. The summed E-state index contributed by atoms with van der Waals surface area (Å²) in [5, 5.41) is 3.70. The fourth-order valence-electron chi connectivity index (χ4n) is 5.93. The molecule has 1 N–H and O–H groups in total. The number of nitrogens with one attached hydrogen (secondary N) is 1. The van der Waals surface area contributed by atoms with E-state index in [9.17, 15) is 0 Å². The summed E-state index contributed by atoms with van der Waals surface area (Å²) in [5.74, 6) is 0.640. The van der Waals surface area contributed by atoms with E-state index >= 15 is 0 Å². The Morgan fingerprint density at radius 3 is 2.68 bits per heavy atom. The summed E-state index contributed by atoms with van der Waals surface area (Å²) < 4.78 is 0. The van der Waals surface area contributed by atoms with Crippen LogP contribution in [-0.4, -0.2) is 24.3 Å². The number of benzene rings is 2. The van der Waals surface area contributed by atoms with E-state index in [0.717, 1.165) is 13.1 Å². The minimum absolute atomic E-state index is 0.273. The molecule has 2 aromatic rings. The first-order valence-corrected chi connectivity index (χ1v) is 11.0. The smallest absolute Gasteiger partial charge is 0.0862 e. The number of nitrogens with zero attached hydrogens (tertiary/aromatic N) is 2. The second kappa shape index (κ2) is 7.27. The normalized spacial score (nSPS) is 22.5. The Morgan fingerprint density at radius 1 is 1.04 bits per heavy atom. The van der Waals surface area contributed by atoms with Crippen LogP contribution in [0.2, 0.25) is 0 Å². The summed E-state index contributed by atoms with van der Waals surface area (Å²) in [6.45, 7) is 4.17. The minimum Gasteiger partial charge on any atom is -0.383 e. The molecule has 3 aliphatic rings. The molecular formula is C25H31N3. The SMILES string of the molecule is Cc1ccccc1NCCN1c2ccccc2N=C2CCCC2C12CCCC2.